The van der Waals surface area contributed by atoms with Crippen LogP contribution < -0.4 is 4.74 Å². The Morgan fingerprint density at radius 3 is 2.81 bits per heavy atom. The summed E-state index contributed by atoms with van der Waals surface area (Å²) in [5.41, 5.74) is 2.35. The maximum Gasteiger partial charge on any atom is 0.356 e. The number of rotatable bonds is 3. The van der Waals surface area contributed by atoms with Crippen molar-refractivity contribution in [3.63, 3.8) is 0 Å². The molecule has 1 aromatic carbocycles. The van der Waals surface area contributed by atoms with Crippen LogP contribution in [0.25, 0.3) is 16.9 Å². The second-order valence-electron chi connectivity index (χ2n) is 4.73. The van der Waals surface area contributed by atoms with Gasteiger partial charge in [-0.15, -0.1) is 0 Å². The SMILES string of the molecule is COc1cccc(-c2nc(C(=O)O)c3c(C)cccn23)c1. The van der Waals surface area contributed by atoms with Gasteiger partial charge in [0.1, 0.15) is 11.6 Å². The van der Waals surface area contributed by atoms with Crippen LogP contribution in [0, 0.1) is 6.92 Å². The third kappa shape index (κ3) is 2.12. The molecule has 1 N–H and O–H groups in total. The molecule has 106 valence electrons. The quantitative estimate of drug-likeness (QED) is 0.802. The topological polar surface area (TPSA) is 63.8 Å². The zero-order valence-electron chi connectivity index (χ0n) is 11.7. The Kier molecular flexibility index (Phi) is 3.10. The molecule has 0 aliphatic rings. The molecule has 3 rings (SSSR count). The van der Waals surface area contributed by atoms with Crippen molar-refractivity contribution >= 4 is 11.5 Å². The average Bonchev–Trinajstić information content (AvgIpc) is 2.88. The van der Waals surface area contributed by atoms with Crippen molar-refractivity contribution in [2.75, 3.05) is 7.11 Å². The highest BCUT2D eigenvalue weighted by molar-refractivity contribution is 5.96. The van der Waals surface area contributed by atoms with Gasteiger partial charge in [0.15, 0.2) is 5.69 Å². The highest BCUT2D eigenvalue weighted by Crippen LogP contribution is 2.27. The fourth-order valence-corrected chi connectivity index (χ4v) is 2.42. The molecule has 21 heavy (non-hydrogen) atoms. The molecule has 5 nitrogen and oxygen atoms in total. The molecule has 3 aromatic rings. The fourth-order valence-electron chi connectivity index (χ4n) is 2.42. The molecule has 0 saturated carbocycles. The molecule has 0 spiro atoms. The molecule has 0 saturated heterocycles. The molecule has 0 fully saturated rings. The lowest BCUT2D eigenvalue weighted by atomic mass is 10.2. The van der Waals surface area contributed by atoms with Crippen LogP contribution in [0.2, 0.25) is 0 Å². The molecule has 0 radical (unpaired) electrons. The van der Waals surface area contributed by atoms with Gasteiger partial charge in [-0.1, -0.05) is 18.2 Å². The van der Waals surface area contributed by atoms with Crippen LogP contribution in [0.1, 0.15) is 16.1 Å². The number of carboxylic acid groups (broad SMARTS) is 1. The number of aromatic nitrogens is 2. The lowest BCUT2D eigenvalue weighted by Crippen LogP contribution is -1.98. The monoisotopic (exact) mass is 282 g/mol. The van der Waals surface area contributed by atoms with Gasteiger partial charge >= 0.3 is 5.97 Å². The Morgan fingerprint density at radius 2 is 2.10 bits per heavy atom. The normalized spacial score (nSPS) is 10.8. The van der Waals surface area contributed by atoms with E-state index in [0.29, 0.717) is 17.1 Å². The number of aryl methyl sites for hydroxylation is 1. The third-order valence-electron chi connectivity index (χ3n) is 3.40. The molecule has 0 amide bonds. The van der Waals surface area contributed by atoms with Gasteiger partial charge < -0.3 is 9.84 Å². The smallest absolute Gasteiger partial charge is 0.356 e. The Labute approximate surface area is 121 Å². The fraction of sp³-hybridized carbons (Fsp3) is 0.125. The number of ether oxygens (including phenoxy) is 1. The molecular formula is C16H14N2O3. The second kappa shape index (κ2) is 4.94. The summed E-state index contributed by atoms with van der Waals surface area (Å²) in [5.74, 6) is 0.259. The van der Waals surface area contributed by atoms with Gasteiger partial charge in [0.05, 0.1) is 12.6 Å². The minimum absolute atomic E-state index is 0.0610. The first-order valence-electron chi connectivity index (χ1n) is 6.47. The summed E-state index contributed by atoms with van der Waals surface area (Å²) in [5, 5.41) is 9.37. The van der Waals surface area contributed by atoms with Crippen molar-refractivity contribution in [2.24, 2.45) is 0 Å². The van der Waals surface area contributed by atoms with Gasteiger partial charge in [0.25, 0.3) is 0 Å². The van der Waals surface area contributed by atoms with E-state index in [1.807, 2.05) is 49.5 Å². The lowest BCUT2D eigenvalue weighted by molar-refractivity contribution is 0.0693. The number of methoxy groups -OCH3 is 1. The van der Waals surface area contributed by atoms with E-state index in [1.54, 1.807) is 11.5 Å². The van der Waals surface area contributed by atoms with Crippen LogP contribution in [0.4, 0.5) is 0 Å². The van der Waals surface area contributed by atoms with Crippen molar-refractivity contribution in [2.45, 2.75) is 6.92 Å². The average molecular weight is 282 g/mol. The molecule has 5 heteroatoms. The van der Waals surface area contributed by atoms with Gasteiger partial charge in [0.2, 0.25) is 0 Å². The molecule has 0 atom stereocenters. The van der Waals surface area contributed by atoms with E-state index in [0.717, 1.165) is 11.1 Å². The number of carbonyl (C=O) groups is 1. The summed E-state index contributed by atoms with van der Waals surface area (Å²) in [4.78, 5) is 15.7. The third-order valence-corrected chi connectivity index (χ3v) is 3.40. The van der Waals surface area contributed by atoms with Gasteiger partial charge in [-0.2, -0.15) is 0 Å². The summed E-state index contributed by atoms with van der Waals surface area (Å²) in [6, 6.07) is 11.2. The van der Waals surface area contributed by atoms with E-state index in [1.165, 1.54) is 0 Å². The van der Waals surface area contributed by atoms with Crippen molar-refractivity contribution < 1.29 is 14.6 Å². The summed E-state index contributed by atoms with van der Waals surface area (Å²) >= 11 is 0. The lowest BCUT2D eigenvalue weighted by Gasteiger charge is -2.05. The number of aromatic carboxylic acids is 1. The van der Waals surface area contributed by atoms with Crippen molar-refractivity contribution in [3.8, 4) is 17.1 Å². The number of nitrogens with zero attached hydrogens (tertiary/aromatic N) is 2. The number of imidazole rings is 1. The second-order valence-corrected chi connectivity index (χ2v) is 4.73. The number of hydrogen-bond donors (Lipinski definition) is 1. The number of hydrogen-bond acceptors (Lipinski definition) is 3. The number of fused-ring (bicyclic) bond motifs is 1. The van der Waals surface area contributed by atoms with E-state index in [-0.39, 0.29) is 5.69 Å². The Balaban J connectivity index is 2.33. The van der Waals surface area contributed by atoms with Crippen LogP contribution in [-0.4, -0.2) is 27.6 Å². The summed E-state index contributed by atoms with van der Waals surface area (Å²) in [6.45, 7) is 1.87. The molecule has 0 aliphatic heterocycles. The van der Waals surface area contributed by atoms with E-state index < -0.39 is 5.97 Å². The zero-order chi connectivity index (χ0) is 15.0. The Hall–Kier alpha value is -2.82. The van der Waals surface area contributed by atoms with Gasteiger partial charge in [-0.05, 0) is 30.7 Å². The standard InChI is InChI=1S/C16H14N2O3/c1-10-5-4-8-18-14(10)13(16(19)20)17-15(18)11-6-3-7-12(9-11)21-2/h3-9H,1-2H3,(H,19,20). The van der Waals surface area contributed by atoms with E-state index >= 15 is 0 Å². The van der Waals surface area contributed by atoms with Crippen LogP contribution >= 0.6 is 0 Å². The summed E-state index contributed by atoms with van der Waals surface area (Å²) in [7, 11) is 1.59. The highest BCUT2D eigenvalue weighted by atomic mass is 16.5. The van der Waals surface area contributed by atoms with Gasteiger partial charge in [0, 0.05) is 11.8 Å². The maximum absolute atomic E-state index is 11.4. The number of carboxylic acids is 1. The molecule has 0 bridgehead atoms. The minimum Gasteiger partial charge on any atom is -0.497 e. The van der Waals surface area contributed by atoms with Gasteiger partial charge in [-0.25, -0.2) is 9.78 Å². The molecular weight excluding hydrogens is 268 g/mol. The largest absolute Gasteiger partial charge is 0.497 e. The Morgan fingerprint density at radius 1 is 1.29 bits per heavy atom. The predicted molar refractivity (Wildman–Crippen MR) is 78.9 cm³/mol. The van der Waals surface area contributed by atoms with Crippen LogP contribution in [0.5, 0.6) is 5.75 Å². The predicted octanol–water partition coefficient (Wildman–Crippen LogP) is 3.02. The zero-order valence-corrected chi connectivity index (χ0v) is 11.7. The molecule has 2 aromatic heterocycles. The van der Waals surface area contributed by atoms with Crippen molar-refractivity contribution in [3.05, 3.63) is 53.9 Å². The first-order valence-corrected chi connectivity index (χ1v) is 6.47. The maximum atomic E-state index is 11.4. The van der Waals surface area contributed by atoms with E-state index in [9.17, 15) is 9.90 Å². The first kappa shape index (κ1) is 13.2. The highest BCUT2D eigenvalue weighted by Gasteiger charge is 2.19. The van der Waals surface area contributed by atoms with Gasteiger partial charge in [-0.3, -0.25) is 4.40 Å². The first-order chi connectivity index (χ1) is 10.1. The van der Waals surface area contributed by atoms with Crippen LogP contribution in [0.3, 0.4) is 0 Å². The number of benzene rings is 1. The van der Waals surface area contributed by atoms with E-state index in [4.69, 9.17) is 4.74 Å². The number of pyridine rings is 1. The van der Waals surface area contributed by atoms with Crippen LogP contribution in [0.15, 0.2) is 42.6 Å². The van der Waals surface area contributed by atoms with Crippen molar-refractivity contribution in [1.29, 1.82) is 0 Å². The molecule has 0 unspecified atom stereocenters. The Bertz CT molecular complexity index is 837. The van der Waals surface area contributed by atoms with Crippen molar-refractivity contribution in [1.82, 2.24) is 9.38 Å². The van der Waals surface area contributed by atoms with E-state index in [2.05, 4.69) is 4.98 Å². The summed E-state index contributed by atoms with van der Waals surface area (Å²) in [6.07, 6.45) is 1.82. The summed E-state index contributed by atoms with van der Waals surface area (Å²) < 4.78 is 7.01. The molecule has 2 heterocycles. The minimum atomic E-state index is -1.03. The molecule has 0 aliphatic carbocycles. The van der Waals surface area contributed by atoms with Crippen LogP contribution in [-0.2, 0) is 0 Å².